The third-order valence-corrected chi connectivity index (χ3v) is 6.30. The Morgan fingerprint density at radius 3 is 1.00 bits per heavy atom. The van der Waals surface area contributed by atoms with Crippen molar-refractivity contribution in [2.24, 2.45) is 0 Å². The van der Waals surface area contributed by atoms with E-state index in [9.17, 15) is 28.5 Å². The molecule has 0 atom stereocenters. The molecule has 3 aromatic carbocycles. The minimum Gasteiger partial charge on any atom is -0.741 e. The number of benzene rings is 3. The smallest absolute Gasteiger partial charge is 0.485 e. The molecule has 11 heteroatoms. The van der Waals surface area contributed by atoms with Crippen molar-refractivity contribution in [1.82, 2.24) is 0 Å². The van der Waals surface area contributed by atoms with Gasteiger partial charge in [0.15, 0.2) is 24.8 Å². The van der Waals surface area contributed by atoms with Crippen LogP contribution in [0, 0.1) is 0 Å². The summed E-state index contributed by atoms with van der Waals surface area (Å²) in [5.41, 5.74) is -5.65. The predicted molar refractivity (Wildman–Crippen MR) is 102 cm³/mol. The molecule has 0 unspecified atom stereocenters. The van der Waals surface area contributed by atoms with E-state index < -0.39 is 15.6 Å². The summed E-state index contributed by atoms with van der Waals surface area (Å²) >= 11 is 0. The Morgan fingerprint density at radius 1 is 0.633 bits per heavy atom. The molecule has 6 nitrogen and oxygen atoms in total. The Labute approximate surface area is 173 Å². The van der Waals surface area contributed by atoms with Gasteiger partial charge in [-0.25, -0.2) is 8.42 Å². The summed E-state index contributed by atoms with van der Waals surface area (Å²) < 4.78 is 58.9. The first kappa shape index (κ1) is 23.4. The number of phenols is 3. The van der Waals surface area contributed by atoms with E-state index in [4.69, 9.17) is 13.0 Å². The summed E-state index contributed by atoms with van der Waals surface area (Å²) in [6.45, 7) is 0. The first-order chi connectivity index (χ1) is 13.9. The fraction of sp³-hybridized carbons (Fsp3) is 0.0526. The van der Waals surface area contributed by atoms with Crippen LogP contribution in [-0.4, -0.2) is 33.8 Å². The quantitative estimate of drug-likeness (QED) is 0.310. The molecular weight excluding hydrogens is 445 g/mol. The number of phenolic OH excluding ortho intramolecular Hbond substituents is 3. The third-order valence-electron chi connectivity index (χ3n) is 3.50. The highest BCUT2D eigenvalue weighted by Crippen LogP contribution is 2.33. The van der Waals surface area contributed by atoms with E-state index >= 15 is 0 Å². The molecule has 0 heterocycles. The van der Waals surface area contributed by atoms with Crippen molar-refractivity contribution in [3.8, 4) is 17.2 Å². The van der Waals surface area contributed by atoms with Gasteiger partial charge in [0.1, 0.15) is 17.2 Å². The van der Waals surface area contributed by atoms with Gasteiger partial charge in [0.05, 0.1) is 10.9 Å². The van der Waals surface area contributed by atoms with Crippen LogP contribution < -0.4 is 0 Å². The second-order valence-electron chi connectivity index (χ2n) is 5.69. The standard InChI is InChI=1S/C18H14O3S.CHF3O3S/c19-13-1-7-16(8-2-13)22(17-9-3-14(20)4-10-17)18-11-5-15(21)6-12-18;2-1(3,4)8(5,6)7/h1-12H,(H2-,19,20,21);(H,5,6,7). The Balaban J connectivity index is 0.000000343. The van der Waals surface area contributed by atoms with Crippen LogP contribution in [-0.2, 0) is 21.0 Å². The normalized spacial score (nSPS) is 11.6. The van der Waals surface area contributed by atoms with Crippen LogP contribution in [0.25, 0.3) is 0 Å². The van der Waals surface area contributed by atoms with Crippen LogP contribution in [0.3, 0.4) is 0 Å². The van der Waals surface area contributed by atoms with E-state index in [0.717, 1.165) is 14.7 Å². The van der Waals surface area contributed by atoms with Crippen molar-refractivity contribution in [2.75, 3.05) is 0 Å². The molecule has 0 saturated carbocycles. The van der Waals surface area contributed by atoms with Gasteiger partial charge in [0, 0.05) is 0 Å². The van der Waals surface area contributed by atoms with E-state index in [0.29, 0.717) is 0 Å². The highest BCUT2D eigenvalue weighted by molar-refractivity contribution is 7.97. The fourth-order valence-electron chi connectivity index (χ4n) is 2.15. The lowest BCUT2D eigenvalue weighted by Gasteiger charge is -2.08. The van der Waals surface area contributed by atoms with Crippen molar-refractivity contribution < 1.29 is 41.5 Å². The molecule has 0 aliphatic heterocycles. The van der Waals surface area contributed by atoms with Crippen molar-refractivity contribution in [3.63, 3.8) is 0 Å². The maximum Gasteiger partial charge on any atom is 0.485 e. The van der Waals surface area contributed by atoms with Crippen LogP contribution in [0.4, 0.5) is 13.2 Å². The van der Waals surface area contributed by atoms with Crippen LogP contribution in [0.15, 0.2) is 87.5 Å². The van der Waals surface area contributed by atoms with Crippen LogP contribution in [0.2, 0.25) is 0 Å². The highest BCUT2D eigenvalue weighted by Gasteiger charge is 2.37. The molecule has 0 radical (unpaired) electrons. The third kappa shape index (κ3) is 6.31. The van der Waals surface area contributed by atoms with E-state index in [1.165, 1.54) is 0 Å². The lowest BCUT2D eigenvalue weighted by molar-refractivity contribution is -0.0517. The van der Waals surface area contributed by atoms with Gasteiger partial charge in [-0.2, -0.15) is 13.2 Å². The van der Waals surface area contributed by atoms with Crippen molar-refractivity contribution in [3.05, 3.63) is 72.8 Å². The largest absolute Gasteiger partial charge is 0.741 e. The fourth-order valence-corrected chi connectivity index (χ4v) is 4.20. The molecule has 3 N–H and O–H groups in total. The number of hydrogen-bond donors (Lipinski definition) is 3. The zero-order valence-electron chi connectivity index (χ0n) is 14.9. The van der Waals surface area contributed by atoms with Gasteiger partial charge >= 0.3 is 5.51 Å². The summed E-state index contributed by atoms with van der Waals surface area (Å²) in [7, 11) is -6.46. The van der Waals surface area contributed by atoms with Crippen LogP contribution >= 0.6 is 0 Å². The Morgan fingerprint density at radius 2 is 0.833 bits per heavy atom. The first-order valence-electron chi connectivity index (χ1n) is 8.02. The van der Waals surface area contributed by atoms with Gasteiger partial charge in [-0.3, -0.25) is 0 Å². The number of hydrogen-bond acceptors (Lipinski definition) is 6. The molecule has 30 heavy (non-hydrogen) atoms. The summed E-state index contributed by atoms with van der Waals surface area (Å²) in [5, 5.41) is 28.5. The van der Waals surface area contributed by atoms with Crippen LogP contribution in [0.5, 0.6) is 17.2 Å². The maximum atomic E-state index is 10.7. The van der Waals surface area contributed by atoms with Gasteiger partial charge in [-0.15, -0.1) is 0 Å². The van der Waals surface area contributed by atoms with E-state index in [2.05, 4.69) is 0 Å². The minimum atomic E-state index is -6.09. The van der Waals surface area contributed by atoms with Crippen LogP contribution in [0.1, 0.15) is 0 Å². The SMILES string of the molecule is O=S(=O)([O-])C(F)(F)F.Oc1ccc([S+](c2ccc(O)cc2)c2ccc(O)cc2)cc1. The van der Waals surface area contributed by atoms with Gasteiger partial charge in [0.2, 0.25) is 0 Å². The summed E-state index contributed by atoms with van der Waals surface area (Å²) in [6, 6.07) is 21.3. The van der Waals surface area contributed by atoms with Gasteiger partial charge < -0.3 is 19.9 Å². The summed E-state index contributed by atoms with van der Waals surface area (Å²) in [5.74, 6) is 0.677. The van der Waals surface area contributed by atoms with E-state index in [-0.39, 0.29) is 28.1 Å². The molecule has 0 aliphatic carbocycles. The molecule has 0 amide bonds. The maximum absolute atomic E-state index is 10.7. The molecule has 160 valence electrons. The van der Waals surface area contributed by atoms with Gasteiger partial charge in [-0.05, 0) is 72.8 Å². The van der Waals surface area contributed by atoms with Gasteiger partial charge in [0.25, 0.3) is 0 Å². The van der Waals surface area contributed by atoms with Crippen molar-refractivity contribution in [2.45, 2.75) is 20.2 Å². The second kappa shape index (κ2) is 9.28. The first-order valence-corrected chi connectivity index (χ1v) is 10.7. The zero-order valence-corrected chi connectivity index (χ0v) is 16.6. The average Bonchev–Trinajstić information content (AvgIpc) is 2.65. The molecule has 0 aromatic heterocycles. The lowest BCUT2D eigenvalue weighted by atomic mass is 10.3. The Bertz CT molecular complexity index is 957. The average molecular weight is 460 g/mol. The summed E-state index contributed by atoms with van der Waals surface area (Å²) in [4.78, 5) is 3.15. The molecule has 3 rings (SSSR count). The number of alkyl halides is 3. The Hall–Kier alpha value is -2.89. The van der Waals surface area contributed by atoms with Crippen molar-refractivity contribution >= 4 is 21.0 Å². The van der Waals surface area contributed by atoms with Gasteiger partial charge in [-0.1, -0.05) is 0 Å². The number of aromatic hydroxyl groups is 3. The minimum absolute atomic E-state index is 0.226. The summed E-state index contributed by atoms with van der Waals surface area (Å²) in [6.07, 6.45) is 0. The molecule has 0 fully saturated rings. The predicted octanol–water partition coefficient (Wildman–Crippen LogP) is 3.95. The lowest BCUT2D eigenvalue weighted by Crippen LogP contribution is -2.21. The number of halogens is 3. The zero-order chi connectivity index (χ0) is 22.5. The molecular formula is C19H15F3O6S2. The van der Waals surface area contributed by atoms with Crippen molar-refractivity contribution in [1.29, 1.82) is 0 Å². The molecule has 0 aliphatic rings. The number of rotatable bonds is 3. The van der Waals surface area contributed by atoms with E-state index in [1.807, 2.05) is 36.4 Å². The Kier molecular flexibility index (Phi) is 7.24. The molecule has 0 bridgehead atoms. The second-order valence-corrected chi connectivity index (χ2v) is 9.09. The topological polar surface area (TPSA) is 118 Å². The molecule has 0 saturated heterocycles. The highest BCUT2D eigenvalue weighted by atomic mass is 32.2. The molecule has 3 aromatic rings. The monoisotopic (exact) mass is 460 g/mol. The molecule has 0 spiro atoms. The van der Waals surface area contributed by atoms with E-state index in [1.54, 1.807) is 36.4 Å².